The Balaban J connectivity index is 3.91. The normalized spacial score (nSPS) is 15.2. The van der Waals surface area contributed by atoms with Crippen molar-refractivity contribution in [2.45, 2.75) is 45.3 Å². The highest BCUT2D eigenvalue weighted by Gasteiger charge is 2.13. The lowest BCUT2D eigenvalue weighted by atomic mass is 10.1. The van der Waals surface area contributed by atoms with Gasteiger partial charge in [0.05, 0.1) is 19.3 Å². The van der Waals surface area contributed by atoms with Crippen LogP contribution in [0.2, 0.25) is 0 Å². The quantitative estimate of drug-likeness (QED) is 0.601. The molecule has 0 bridgehead atoms. The molecule has 17 heavy (non-hydrogen) atoms. The SMILES string of the molecule is CCC(O)CCCN(CCOC)C(C)COC. The van der Waals surface area contributed by atoms with Crippen LogP contribution in [0.4, 0.5) is 0 Å². The summed E-state index contributed by atoms with van der Waals surface area (Å²) in [6, 6.07) is 0.397. The van der Waals surface area contributed by atoms with Gasteiger partial charge in [-0.2, -0.15) is 0 Å². The number of nitrogens with zero attached hydrogens (tertiary/aromatic N) is 1. The molecule has 0 radical (unpaired) electrons. The van der Waals surface area contributed by atoms with E-state index in [2.05, 4.69) is 11.8 Å². The second-order valence-electron chi connectivity index (χ2n) is 4.54. The molecule has 2 unspecified atom stereocenters. The van der Waals surface area contributed by atoms with Crippen LogP contribution in [0.1, 0.15) is 33.1 Å². The first-order chi connectivity index (χ1) is 8.15. The summed E-state index contributed by atoms with van der Waals surface area (Å²) in [6.07, 6.45) is 2.58. The molecule has 2 atom stereocenters. The molecule has 0 heterocycles. The molecule has 0 aromatic rings. The third-order valence-electron chi connectivity index (χ3n) is 3.07. The summed E-state index contributed by atoms with van der Waals surface area (Å²) in [7, 11) is 3.45. The van der Waals surface area contributed by atoms with Crippen molar-refractivity contribution < 1.29 is 14.6 Å². The highest BCUT2D eigenvalue weighted by molar-refractivity contribution is 4.67. The molecular formula is C13H29NO3. The van der Waals surface area contributed by atoms with Gasteiger partial charge in [0.25, 0.3) is 0 Å². The van der Waals surface area contributed by atoms with Crippen LogP contribution in [0.15, 0.2) is 0 Å². The van der Waals surface area contributed by atoms with Crippen LogP contribution in [0, 0.1) is 0 Å². The van der Waals surface area contributed by atoms with Crippen LogP contribution in [0.25, 0.3) is 0 Å². The van der Waals surface area contributed by atoms with Gasteiger partial charge < -0.3 is 14.6 Å². The van der Waals surface area contributed by atoms with E-state index < -0.39 is 0 Å². The second kappa shape index (κ2) is 11.0. The molecule has 0 saturated carbocycles. The third kappa shape index (κ3) is 8.55. The maximum Gasteiger partial charge on any atom is 0.0615 e. The van der Waals surface area contributed by atoms with E-state index in [9.17, 15) is 5.11 Å². The van der Waals surface area contributed by atoms with E-state index in [1.54, 1.807) is 14.2 Å². The Hall–Kier alpha value is -0.160. The van der Waals surface area contributed by atoms with Gasteiger partial charge in [0.2, 0.25) is 0 Å². The average Bonchev–Trinajstić information content (AvgIpc) is 2.33. The van der Waals surface area contributed by atoms with E-state index in [-0.39, 0.29) is 6.10 Å². The van der Waals surface area contributed by atoms with Crippen molar-refractivity contribution in [2.75, 3.05) is 40.5 Å². The predicted octanol–water partition coefficient (Wildman–Crippen LogP) is 1.52. The van der Waals surface area contributed by atoms with Crippen LogP contribution < -0.4 is 0 Å². The summed E-state index contributed by atoms with van der Waals surface area (Å²) in [6.45, 7) is 7.56. The molecule has 104 valence electrons. The van der Waals surface area contributed by atoms with Crippen LogP contribution in [0.5, 0.6) is 0 Å². The lowest BCUT2D eigenvalue weighted by Crippen LogP contribution is -2.39. The second-order valence-corrected chi connectivity index (χ2v) is 4.54. The fourth-order valence-electron chi connectivity index (χ4n) is 1.84. The van der Waals surface area contributed by atoms with Crippen molar-refractivity contribution in [3.05, 3.63) is 0 Å². The Morgan fingerprint density at radius 3 is 2.41 bits per heavy atom. The van der Waals surface area contributed by atoms with Gasteiger partial charge >= 0.3 is 0 Å². The van der Waals surface area contributed by atoms with Gasteiger partial charge in [-0.15, -0.1) is 0 Å². The monoisotopic (exact) mass is 247 g/mol. The Labute approximate surface area is 106 Å². The van der Waals surface area contributed by atoms with Crippen molar-refractivity contribution in [3.8, 4) is 0 Å². The van der Waals surface area contributed by atoms with Crippen molar-refractivity contribution in [1.82, 2.24) is 4.90 Å². The first-order valence-corrected chi connectivity index (χ1v) is 6.55. The van der Waals surface area contributed by atoms with Crippen molar-refractivity contribution >= 4 is 0 Å². The highest BCUT2D eigenvalue weighted by Crippen LogP contribution is 2.06. The Bertz CT molecular complexity index is 167. The molecule has 0 fully saturated rings. The van der Waals surface area contributed by atoms with E-state index in [1.165, 1.54) is 0 Å². The van der Waals surface area contributed by atoms with Crippen molar-refractivity contribution in [2.24, 2.45) is 0 Å². The Kier molecular flexibility index (Phi) is 10.9. The predicted molar refractivity (Wildman–Crippen MR) is 70.3 cm³/mol. The van der Waals surface area contributed by atoms with E-state index in [0.29, 0.717) is 6.04 Å². The zero-order chi connectivity index (χ0) is 13.1. The molecule has 0 aromatic carbocycles. The molecule has 0 aliphatic carbocycles. The fraction of sp³-hybridized carbons (Fsp3) is 1.00. The molecular weight excluding hydrogens is 218 g/mol. The standard InChI is InChI=1S/C13H29NO3/c1-5-13(15)7-6-8-14(9-10-16-3)12(2)11-17-4/h12-13,15H,5-11H2,1-4H3. The lowest BCUT2D eigenvalue weighted by Gasteiger charge is -2.28. The molecule has 1 N–H and O–H groups in total. The molecule has 0 saturated heterocycles. The van der Waals surface area contributed by atoms with Gasteiger partial charge in [0.1, 0.15) is 0 Å². The molecule has 4 nitrogen and oxygen atoms in total. The maximum absolute atomic E-state index is 9.52. The minimum Gasteiger partial charge on any atom is -0.393 e. The first-order valence-electron chi connectivity index (χ1n) is 6.55. The van der Waals surface area contributed by atoms with Crippen LogP contribution in [-0.2, 0) is 9.47 Å². The number of hydrogen-bond donors (Lipinski definition) is 1. The number of aliphatic hydroxyl groups excluding tert-OH is 1. The first kappa shape index (κ1) is 16.8. The van der Waals surface area contributed by atoms with Crippen molar-refractivity contribution in [1.29, 1.82) is 0 Å². The maximum atomic E-state index is 9.52. The van der Waals surface area contributed by atoms with E-state index in [4.69, 9.17) is 9.47 Å². The summed E-state index contributed by atoms with van der Waals surface area (Å²) in [4.78, 5) is 2.36. The van der Waals surface area contributed by atoms with E-state index in [0.717, 1.165) is 45.6 Å². The molecule has 0 spiro atoms. The minimum absolute atomic E-state index is 0.156. The summed E-state index contributed by atoms with van der Waals surface area (Å²) in [5, 5.41) is 9.52. The van der Waals surface area contributed by atoms with Crippen LogP contribution in [-0.4, -0.2) is 62.7 Å². The Morgan fingerprint density at radius 2 is 1.88 bits per heavy atom. The molecule has 4 heteroatoms. The average molecular weight is 247 g/mol. The van der Waals surface area contributed by atoms with Crippen LogP contribution >= 0.6 is 0 Å². The smallest absolute Gasteiger partial charge is 0.0615 e. The molecule has 0 aromatic heterocycles. The van der Waals surface area contributed by atoms with E-state index >= 15 is 0 Å². The summed E-state index contributed by atoms with van der Waals surface area (Å²) in [5.41, 5.74) is 0. The highest BCUT2D eigenvalue weighted by atomic mass is 16.5. The van der Waals surface area contributed by atoms with Gasteiger partial charge in [0, 0.05) is 26.8 Å². The topological polar surface area (TPSA) is 41.9 Å². The summed E-state index contributed by atoms with van der Waals surface area (Å²) in [5.74, 6) is 0. The van der Waals surface area contributed by atoms with Gasteiger partial charge in [-0.05, 0) is 32.7 Å². The Morgan fingerprint density at radius 1 is 1.18 bits per heavy atom. The van der Waals surface area contributed by atoms with Crippen LogP contribution in [0.3, 0.4) is 0 Å². The number of aliphatic hydroxyl groups is 1. The summed E-state index contributed by atoms with van der Waals surface area (Å²) < 4.78 is 10.3. The zero-order valence-electron chi connectivity index (χ0n) is 11.8. The number of methoxy groups -OCH3 is 2. The number of hydrogen-bond acceptors (Lipinski definition) is 4. The zero-order valence-corrected chi connectivity index (χ0v) is 11.8. The van der Waals surface area contributed by atoms with E-state index in [1.807, 2.05) is 6.92 Å². The molecule has 0 aliphatic rings. The fourth-order valence-corrected chi connectivity index (χ4v) is 1.84. The minimum atomic E-state index is -0.156. The lowest BCUT2D eigenvalue weighted by molar-refractivity contribution is 0.0698. The molecule has 0 aliphatic heterocycles. The van der Waals surface area contributed by atoms with Gasteiger partial charge in [-0.3, -0.25) is 4.90 Å². The number of rotatable bonds is 11. The van der Waals surface area contributed by atoms with Gasteiger partial charge in [-0.25, -0.2) is 0 Å². The largest absolute Gasteiger partial charge is 0.393 e. The van der Waals surface area contributed by atoms with Gasteiger partial charge in [0.15, 0.2) is 0 Å². The third-order valence-corrected chi connectivity index (χ3v) is 3.07. The summed E-state index contributed by atoms with van der Waals surface area (Å²) >= 11 is 0. The molecule has 0 rings (SSSR count). The number of ether oxygens (including phenoxy) is 2. The van der Waals surface area contributed by atoms with Crippen molar-refractivity contribution in [3.63, 3.8) is 0 Å². The molecule has 0 amide bonds. The van der Waals surface area contributed by atoms with Gasteiger partial charge in [-0.1, -0.05) is 6.92 Å².